The third-order valence-electron chi connectivity index (χ3n) is 10.9. The lowest BCUT2D eigenvalue weighted by Crippen LogP contribution is -2.51. The Bertz CT molecular complexity index is 2750. The van der Waals surface area contributed by atoms with Gasteiger partial charge in [-0.05, 0) is 53.4 Å². The van der Waals surface area contributed by atoms with Crippen LogP contribution in [-0.4, -0.2) is 69.1 Å². The summed E-state index contributed by atoms with van der Waals surface area (Å²) in [6.07, 6.45) is -4.35. The minimum atomic E-state index is -4.63. The molecule has 0 bridgehead atoms. The van der Waals surface area contributed by atoms with Crippen LogP contribution < -0.4 is 37.1 Å². The quantitative estimate of drug-likeness (QED) is 0.0803. The van der Waals surface area contributed by atoms with Crippen molar-refractivity contribution in [1.29, 1.82) is 0 Å². The molecule has 0 aliphatic carbocycles. The number of halogens is 4. The molecule has 0 atom stereocenters. The highest BCUT2D eigenvalue weighted by molar-refractivity contribution is 6.33. The van der Waals surface area contributed by atoms with E-state index < -0.39 is 29.8 Å². The van der Waals surface area contributed by atoms with E-state index in [4.69, 9.17) is 37.6 Å². The molecule has 2 amide bonds. The van der Waals surface area contributed by atoms with Crippen molar-refractivity contribution in [2.24, 2.45) is 5.84 Å². The van der Waals surface area contributed by atoms with E-state index in [-0.39, 0.29) is 84.4 Å². The Balaban J connectivity index is 1.11. The Morgan fingerprint density at radius 3 is 2.42 bits per heavy atom. The second-order valence-electron chi connectivity index (χ2n) is 15.0. The van der Waals surface area contributed by atoms with Crippen LogP contribution in [0.2, 0.25) is 5.02 Å². The summed E-state index contributed by atoms with van der Waals surface area (Å²) in [4.78, 5) is 50.8. The molecule has 62 heavy (non-hydrogen) atoms. The second-order valence-corrected chi connectivity index (χ2v) is 15.4. The number of piperazine rings is 1. The van der Waals surface area contributed by atoms with Crippen LogP contribution in [0.25, 0.3) is 17.2 Å². The van der Waals surface area contributed by atoms with E-state index in [0.717, 1.165) is 39.4 Å². The standard InChI is InChI=1S/C43H42ClF3N10O5/c1-3-34-38(54-13-15-55(16-14-54)40(59)30-19-32(48)35(53(2)49)20-36(30)62-22-25-7-5-4-6-8-25)41(60)57-42(51-39(52-57)26-9-10-27-23-61-24-28(27)17-26)56(34)21-37(58)50-33-12-11-29(18-31(33)44)43(45,46)47/h4-12,17-20H,3,13-16,21-24,48-49H2,1-2H3,(H,50,58). The number of nitrogen functional groups attached to an aromatic ring is 1. The monoisotopic (exact) mass is 870 g/mol. The number of carbonyl (C=O) groups excluding carboxylic acids is 2. The number of hydrogen-bond acceptors (Lipinski definition) is 11. The number of anilines is 4. The molecule has 4 heterocycles. The first-order valence-corrected chi connectivity index (χ1v) is 20.1. The Morgan fingerprint density at radius 1 is 0.984 bits per heavy atom. The molecule has 8 rings (SSSR count). The lowest BCUT2D eigenvalue weighted by Gasteiger charge is -2.37. The molecule has 0 radical (unpaired) electrons. The van der Waals surface area contributed by atoms with Gasteiger partial charge in [-0.3, -0.25) is 14.4 Å². The van der Waals surface area contributed by atoms with Crippen LogP contribution in [0.15, 0.2) is 83.7 Å². The van der Waals surface area contributed by atoms with E-state index in [0.29, 0.717) is 35.9 Å². The average molecular weight is 871 g/mol. The number of aromatic nitrogens is 4. The first-order chi connectivity index (χ1) is 29.7. The van der Waals surface area contributed by atoms with Gasteiger partial charge in [0.25, 0.3) is 11.5 Å². The van der Waals surface area contributed by atoms with Gasteiger partial charge in [-0.15, -0.1) is 5.10 Å². The number of amides is 2. The third kappa shape index (κ3) is 8.35. The van der Waals surface area contributed by atoms with Crippen molar-refractivity contribution in [3.8, 4) is 17.1 Å². The van der Waals surface area contributed by atoms with E-state index in [1.165, 1.54) is 5.01 Å². The highest BCUT2D eigenvalue weighted by atomic mass is 35.5. The minimum Gasteiger partial charge on any atom is -0.488 e. The van der Waals surface area contributed by atoms with Gasteiger partial charge in [-0.25, -0.2) is 5.84 Å². The number of nitrogens with one attached hydrogen (secondary N) is 1. The number of carbonyl (C=O) groups is 2. The molecule has 0 unspecified atom stereocenters. The molecule has 19 heteroatoms. The maximum Gasteiger partial charge on any atom is 0.416 e. The summed E-state index contributed by atoms with van der Waals surface area (Å²) in [6, 6.07) is 21.0. The molecule has 2 aliphatic rings. The Hall–Kier alpha value is -6.63. The zero-order valence-electron chi connectivity index (χ0n) is 33.7. The summed E-state index contributed by atoms with van der Waals surface area (Å²) in [6.45, 7) is 3.42. The number of fused-ring (bicyclic) bond motifs is 2. The number of hydrazine groups is 1. The molecule has 322 valence electrons. The summed E-state index contributed by atoms with van der Waals surface area (Å²) in [5.74, 6) is 5.70. The molecule has 0 spiro atoms. The van der Waals surface area contributed by atoms with Gasteiger partial charge in [0.05, 0.1) is 52.1 Å². The van der Waals surface area contributed by atoms with Crippen molar-refractivity contribution >= 4 is 51.9 Å². The van der Waals surface area contributed by atoms with Gasteiger partial charge in [-0.2, -0.15) is 22.7 Å². The largest absolute Gasteiger partial charge is 0.488 e. The summed E-state index contributed by atoms with van der Waals surface area (Å²) in [5.41, 5.74) is 10.2. The normalized spacial score (nSPS) is 14.0. The van der Waals surface area contributed by atoms with E-state index in [1.807, 2.05) is 60.4 Å². The van der Waals surface area contributed by atoms with Crippen molar-refractivity contribution in [3.05, 3.63) is 128 Å². The van der Waals surface area contributed by atoms with Crippen molar-refractivity contribution in [3.63, 3.8) is 0 Å². The van der Waals surface area contributed by atoms with Crippen LogP contribution >= 0.6 is 11.6 Å². The molecule has 2 aliphatic heterocycles. The van der Waals surface area contributed by atoms with Crippen LogP contribution in [0.4, 0.5) is 35.9 Å². The number of ether oxygens (including phenoxy) is 2. The number of rotatable bonds is 11. The van der Waals surface area contributed by atoms with E-state index >= 15 is 0 Å². The van der Waals surface area contributed by atoms with Crippen LogP contribution in [0.1, 0.15) is 45.2 Å². The number of alkyl halides is 3. The van der Waals surface area contributed by atoms with Crippen LogP contribution in [-0.2, 0) is 48.5 Å². The number of nitrogens with zero attached hydrogens (tertiary/aromatic N) is 7. The van der Waals surface area contributed by atoms with E-state index in [1.54, 1.807) is 28.6 Å². The van der Waals surface area contributed by atoms with Crippen molar-refractivity contribution < 1.29 is 32.2 Å². The van der Waals surface area contributed by atoms with E-state index in [2.05, 4.69) is 10.4 Å². The van der Waals surface area contributed by atoms with Crippen molar-refractivity contribution in [2.75, 3.05) is 54.2 Å². The number of hydrogen-bond donors (Lipinski definition) is 3. The predicted octanol–water partition coefficient (Wildman–Crippen LogP) is 5.90. The maximum atomic E-state index is 14.6. The van der Waals surface area contributed by atoms with Gasteiger partial charge in [0.2, 0.25) is 11.7 Å². The van der Waals surface area contributed by atoms with E-state index in [9.17, 15) is 27.6 Å². The van der Waals surface area contributed by atoms with Gasteiger partial charge < -0.3 is 39.9 Å². The summed E-state index contributed by atoms with van der Waals surface area (Å²) in [5, 5.41) is 8.30. The number of benzene rings is 4. The van der Waals surface area contributed by atoms with Crippen LogP contribution in [0, 0.1) is 0 Å². The van der Waals surface area contributed by atoms with Gasteiger partial charge >= 0.3 is 6.18 Å². The van der Waals surface area contributed by atoms with Gasteiger partial charge in [0.1, 0.15) is 24.6 Å². The first-order valence-electron chi connectivity index (χ1n) is 19.7. The highest BCUT2D eigenvalue weighted by Crippen LogP contribution is 2.35. The summed E-state index contributed by atoms with van der Waals surface area (Å²) >= 11 is 6.19. The van der Waals surface area contributed by atoms with Gasteiger partial charge in [-0.1, -0.05) is 61.0 Å². The maximum absolute atomic E-state index is 14.6. The third-order valence-corrected chi connectivity index (χ3v) is 11.2. The predicted molar refractivity (Wildman–Crippen MR) is 228 cm³/mol. The minimum absolute atomic E-state index is 0.0247. The molecule has 0 saturated carbocycles. The Kier molecular flexibility index (Phi) is 11.6. The Labute approximate surface area is 358 Å². The smallest absolute Gasteiger partial charge is 0.416 e. The molecule has 6 aromatic rings. The summed E-state index contributed by atoms with van der Waals surface area (Å²) in [7, 11) is 1.63. The fourth-order valence-corrected chi connectivity index (χ4v) is 7.93. The van der Waals surface area contributed by atoms with Crippen LogP contribution in [0.3, 0.4) is 0 Å². The zero-order valence-corrected chi connectivity index (χ0v) is 34.5. The molecule has 4 aromatic carbocycles. The first kappa shape index (κ1) is 42.1. The van der Waals surface area contributed by atoms with Crippen molar-refractivity contribution in [2.45, 2.75) is 45.9 Å². The summed E-state index contributed by atoms with van der Waals surface area (Å²) < 4.78 is 54.5. The van der Waals surface area contributed by atoms with Crippen molar-refractivity contribution in [1.82, 2.24) is 24.1 Å². The molecular weight excluding hydrogens is 829 g/mol. The molecular formula is C43H42ClF3N10O5. The van der Waals surface area contributed by atoms with Gasteiger partial charge in [0, 0.05) is 44.9 Å². The van der Waals surface area contributed by atoms with Crippen LogP contribution in [0.5, 0.6) is 5.75 Å². The Morgan fingerprint density at radius 2 is 1.73 bits per heavy atom. The SMILES string of the molecule is CCc1c(N2CCN(C(=O)c3cc(N)c(N(C)N)cc3OCc3ccccc3)CC2)c(=O)n2nc(-c3ccc4c(c3)COC4)nc2n1CC(=O)Nc1ccc(C(F)(F)F)cc1Cl. The molecule has 1 saturated heterocycles. The fourth-order valence-electron chi connectivity index (χ4n) is 7.71. The number of nitrogens with two attached hydrogens (primary N) is 2. The molecule has 1 fully saturated rings. The average Bonchev–Trinajstić information content (AvgIpc) is 3.93. The lowest BCUT2D eigenvalue weighted by molar-refractivity contribution is -0.137. The molecule has 2 aromatic heterocycles. The zero-order chi connectivity index (χ0) is 43.9. The second kappa shape index (κ2) is 17.0. The fraction of sp³-hybridized carbons (Fsp3) is 0.279. The molecule has 15 nitrogen and oxygen atoms in total. The topological polar surface area (TPSA) is 179 Å². The lowest BCUT2D eigenvalue weighted by atomic mass is 10.1. The highest BCUT2D eigenvalue weighted by Gasteiger charge is 2.33. The van der Waals surface area contributed by atoms with Gasteiger partial charge in [0.15, 0.2) is 5.82 Å². The molecule has 5 N–H and O–H groups in total.